The molecule has 1 N–H and O–H groups in total. The van der Waals surface area contributed by atoms with Crippen LogP contribution in [0.2, 0.25) is 0 Å². The Hall–Kier alpha value is -2.48. The molecule has 4 nitrogen and oxygen atoms in total. The van der Waals surface area contributed by atoms with Crippen LogP contribution in [0.15, 0.2) is 50.5 Å². The Labute approximate surface area is 138 Å². The molecule has 24 heavy (non-hydrogen) atoms. The van der Waals surface area contributed by atoms with Crippen LogP contribution in [0.25, 0.3) is 6.08 Å². The van der Waals surface area contributed by atoms with Crippen molar-refractivity contribution >= 4 is 23.6 Å². The summed E-state index contributed by atoms with van der Waals surface area (Å²) in [5.74, 6) is -1.10. The van der Waals surface area contributed by atoms with Crippen LogP contribution in [0, 0.1) is 6.92 Å². The van der Waals surface area contributed by atoms with E-state index in [9.17, 15) is 27.9 Å². The van der Waals surface area contributed by atoms with Gasteiger partial charge >= 0.3 is 11.1 Å². The Bertz CT molecular complexity index is 836. The molecular weight excluding hydrogens is 345 g/mol. The summed E-state index contributed by atoms with van der Waals surface area (Å²) >= 11 is -0.242. The smallest absolute Gasteiger partial charge is 0.446 e. The molecule has 0 amide bonds. The van der Waals surface area contributed by atoms with Crippen LogP contribution in [0.4, 0.5) is 13.2 Å². The fourth-order valence-electron chi connectivity index (χ4n) is 1.86. The molecule has 0 atom stereocenters. The van der Waals surface area contributed by atoms with Crippen molar-refractivity contribution in [3.05, 3.63) is 63.7 Å². The van der Waals surface area contributed by atoms with Crippen molar-refractivity contribution in [2.45, 2.75) is 17.3 Å². The summed E-state index contributed by atoms with van der Waals surface area (Å²) in [6, 6.07) is 6.47. The molecule has 0 unspecified atom stereocenters. The molecule has 0 spiro atoms. The number of carbonyl (C=O) groups excluding carboxylic acids is 1. The molecule has 1 aromatic heterocycles. The van der Waals surface area contributed by atoms with Crippen LogP contribution in [-0.4, -0.2) is 16.4 Å². The lowest BCUT2D eigenvalue weighted by molar-refractivity contribution is -0.0328. The van der Waals surface area contributed by atoms with Crippen molar-refractivity contribution in [3.63, 3.8) is 0 Å². The number of thioether (sulfide) groups is 1. The van der Waals surface area contributed by atoms with E-state index in [1.807, 2.05) is 0 Å². The summed E-state index contributed by atoms with van der Waals surface area (Å²) in [7, 11) is 0. The van der Waals surface area contributed by atoms with Gasteiger partial charge in [0.2, 0.25) is 0 Å². The van der Waals surface area contributed by atoms with Gasteiger partial charge in [-0.2, -0.15) is 13.2 Å². The number of hydrogen-bond donors (Lipinski definition) is 1. The Kier molecular flexibility index (Phi) is 5.18. The Morgan fingerprint density at radius 1 is 1.25 bits per heavy atom. The van der Waals surface area contributed by atoms with Crippen molar-refractivity contribution in [2.75, 3.05) is 0 Å². The number of carbonyl (C=O) groups is 1. The maximum Gasteiger partial charge on any atom is 0.446 e. The van der Waals surface area contributed by atoms with Gasteiger partial charge in [0.15, 0.2) is 5.78 Å². The minimum atomic E-state index is -4.37. The Morgan fingerprint density at radius 2 is 1.88 bits per heavy atom. The zero-order chi connectivity index (χ0) is 17.9. The fraction of sp³-hybridized carbons (Fsp3) is 0.125. The molecule has 8 heteroatoms. The van der Waals surface area contributed by atoms with E-state index in [0.29, 0.717) is 5.56 Å². The number of aryl methyl sites for hydroxylation is 1. The minimum absolute atomic E-state index is 0.0165. The predicted octanol–water partition coefficient (Wildman–Crippen LogP) is 4.16. The van der Waals surface area contributed by atoms with E-state index in [4.69, 9.17) is 4.42 Å². The van der Waals surface area contributed by atoms with Crippen LogP contribution in [0.3, 0.4) is 0 Å². The molecular formula is C16H11F3O4S. The third-order valence-electron chi connectivity index (χ3n) is 2.84. The lowest BCUT2D eigenvalue weighted by Gasteiger charge is -2.05. The van der Waals surface area contributed by atoms with Crippen molar-refractivity contribution < 1.29 is 27.5 Å². The van der Waals surface area contributed by atoms with Gasteiger partial charge in [0, 0.05) is 11.0 Å². The molecule has 126 valence electrons. The molecule has 0 aliphatic rings. The second kappa shape index (κ2) is 6.96. The molecule has 0 fully saturated rings. The maximum atomic E-state index is 12.2. The van der Waals surface area contributed by atoms with Crippen LogP contribution < -0.4 is 5.63 Å². The molecule has 2 rings (SSSR count). The topological polar surface area (TPSA) is 67.5 Å². The van der Waals surface area contributed by atoms with Crippen LogP contribution >= 0.6 is 11.8 Å². The molecule has 0 saturated carbocycles. The van der Waals surface area contributed by atoms with E-state index in [1.54, 1.807) is 0 Å². The van der Waals surface area contributed by atoms with E-state index in [1.165, 1.54) is 37.3 Å². The molecule has 0 bridgehead atoms. The second-order valence-corrected chi connectivity index (χ2v) is 5.86. The molecule has 2 aromatic rings. The van der Waals surface area contributed by atoms with E-state index in [-0.39, 0.29) is 22.4 Å². The average Bonchev–Trinajstić information content (AvgIpc) is 2.43. The zero-order valence-electron chi connectivity index (χ0n) is 12.3. The molecule has 0 aliphatic carbocycles. The summed E-state index contributed by atoms with van der Waals surface area (Å²) in [5.41, 5.74) is -5.37. The van der Waals surface area contributed by atoms with Crippen molar-refractivity contribution in [3.8, 4) is 5.75 Å². The van der Waals surface area contributed by atoms with Gasteiger partial charge in [-0.25, -0.2) is 4.79 Å². The highest BCUT2D eigenvalue weighted by molar-refractivity contribution is 8.00. The van der Waals surface area contributed by atoms with E-state index in [2.05, 4.69) is 0 Å². The lowest BCUT2D eigenvalue weighted by atomic mass is 10.1. The van der Waals surface area contributed by atoms with Crippen LogP contribution in [0.5, 0.6) is 5.75 Å². The number of rotatable bonds is 4. The first kappa shape index (κ1) is 17.9. The quantitative estimate of drug-likeness (QED) is 0.506. The number of benzene rings is 1. The minimum Gasteiger partial charge on any atom is -0.507 e. The summed E-state index contributed by atoms with van der Waals surface area (Å²) in [6.07, 6.45) is 2.36. The summed E-state index contributed by atoms with van der Waals surface area (Å²) < 4.78 is 41.4. The van der Waals surface area contributed by atoms with Gasteiger partial charge in [0.1, 0.15) is 17.1 Å². The lowest BCUT2D eigenvalue weighted by Crippen LogP contribution is -2.12. The summed E-state index contributed by atoms with van der Waals surface area (Å²) in [5, 5.41) is 9.66. The highest BCUT2D eigenvalue weighted by Crippen LogP contribution is 2.36. The normalized spacial score (nSPS) is 11.8. The SMILES string of the molecule is Cc1cc(O)c(C(=O)/C=C/c2ccc(SC(F)(F)F)cc2)c(=O)o1. The number of aromatic hydroxyl groups is 1. The molecule has 0 radical (unpaired) electrons. The van der Waals surface area contributed by atoms with Crippen molar-refractivity contribution in [1.82, 2.24) is 0 Å². The first-order valence-electron chi connectivity index (χ1n) is 6.57. The first-order chi connectivity index (χ1) is 11.2. The zero-order valence-corrected chi connectivity index (χ0v) is 13.1. The monoisotopic (exact) mass is 356 g/mol. The number of alkyl halides is 3. The molecule has 0 saturated heterocycles. The van der Waals surface area contributed by atoms with Gasteiger partial charge in [0.25, 0.3) is 0 Å². The van der Waals surface area contributed by atoms with Crippen LogP contribution in [-0.2, 0) is 0 Å². The number of ketones is 1. The molecule has 0 aliphatic heterocycles. The van der Waals surface area contributed by atoms with Crippen molar-refractivity contribution in [1.29, 1.82) is 0 Å². The number of hydrogen-bond acceptors (Lipinski definition) is 5. The maximum absolute atomic E-state index is 12.2. The third kappa shape index (κ3) is 4.76. The molecule has 1 heterocycles. The largest absolute Gasteiger partial charge is 0.507 e. The highest BCUT2D eigenvalue weighted by Gasteiger charge is 2.28. The average molecular weight is 356 g/mol. The number of halogens is 3. The van der Waals surface area contributed by atoms with E-state index in [0.717, 1.165) is 12.1 Å². The van der Waals surface area contributed by atoms with E-state index < -0.39 is 28.2 Å². The second-order valence-electron chi connectivity index (χ2n) is 4.72. The van der Waals surface area contributed by atoms with Gasteiger partial charge in [-0.3, -0.25) is 4.79 Å². The van der Waals surface area contributed by atoms with Crippen LogP contribution in [0.1, 0.15) is 21.7 Å². The predicted molar refractivity (Wildman–Crippen MR) is 83.1 cm³/mol. The first-order valence-corrected chi connectivity index (χ1v) is 7.39. The van der Waals surface area contributed by atoms with Gasteiger partial charge in [0.05, 0.1) is 0 Å². The van der Waals surface area contributed by atoms with Gasteiger partial charge in [-0.1, -0.05) is 18.2 Å². The van der Waals surface area contributed by atoms with Crippen molar-refractivity contribution in [2.24, 2.45) is 0 Å². The van der Waals surface area contributed by atoms with Gasteiger partial charge in [-0.15, -0.1) is 0 Å². The third-order valence-corrected chi connectivity index (χ3v) is 3.58. The Morgan fingerprint density at radius 3 is 2.42 bits per heavy atom. The summed E-state index contributed by atoms with van der Waals surface area (Å²) in [6.45, 7) is 1.45. The Balaban J connectivity index is 2.16. The summed E-state index contributed by atoms with van der Waals surface area (Å²) in [4.78, 5) is 23.6. The standard InChI is InChI=1S/C16H11F3O4S/c1-9-8-13(21)14(15(22)23-9)12(20)7-4-10-2-5-11(6-3-10)24-16(17,18)19/h2-8,21H,1H3/b7-4+. The fourth-order valence-corrected chi connectivity index (χ4v) is 2.40. The molecule has 1 aromatic carbocycles. The van der Waals surface area contributed by atoms with Gasteiger partial charge < -0.3 is 9.52 Å². The van der Waals surface area contributed by atoms with E-state index >= 15 is 0 Å². The van der Waals surface area contributed by atoms with Gasteiger partial charge in [-0.05, 0) is 42.5 Å². The highest BCUT2D eigenvalue weighted by atomic mass is 32.2. The number of allylic oxidation sites excluding steroid dienone is 1.